The van der Waals surface area contributed by atoms with Crippen LogP contribution in [0.25, 0.3) is 0 Å². The van der Waals surface area contributed by atoms with E-state index in [2.05, 4.69) is 15.1 Å². The number of amides is 1. The van der Waals surface area contributed by atoms with E-state index in [-0.39, 0.29) is 6.79 Å². The first-order valence-electron chi connectivity index (χ1n) is 10.6. The highest BCUT2D eigenvalue weighted by Crippen LogP contribution is 2.36. The van der Waals surface area contributed by atoms with Gasteiger partial charge in [0.1, 0.15) is 0 Å². The maximum atomic E-state index is 12.3. The van der Waals surface area contributed by atoms with E-state index in [1.165, 1.54) is 0 Å². The summed E-state index contributed by atoms with van der Waals surface area (Å²) in [5.41, 5.74) is 1.00. The maximum absolute atomic E-state index is 12.3. The Hall–Kier alpha value is -1.54. The predicted octanol–water partition coefficient (Wildman–Crippen LogP) is 2.26. The first-order chi connectivity index (χ1) is 14.2. The number of carbonyl (C=O) groups excluding carboxylic acids is 1. The number of carbonyl (C=O) groups is 1. The second kappa shape index (κ2) is 9.98. The second-order valence-electron chi connectivity index (χ2n) is 7.85. The maximum Gasteiger partial charge on any atom is 0.231 e. The van der Waals surface area contributed by atoms with Crippen LogP contribution in [-0.4, -0.2) is 74.5 Å². The second-order valence-corrected chi connectivity index (χ2v) is 8.26. The highest BCUT2D eigenvalue weighted by molar-refractivity contribution is 6.31. The zero-order chi connectivity index (χ0) is 20.1. The molecule has 7 nitrogen and oxygen atoms in total. The van der Waals surface area contributed by atoms with Crippen molar-refractivity contribution < 1.29 is 19.0 Å². The molecule has 0 spiro atoms. The van der Waals surface area contributed by atoms with Crippen LogP contribution in [-0.2, 0) is 16.1 Å². The van der Waals surface area contributed by atoms with Gasteiger partial charge in [-0.25, -0.2) is 0 Å². The third kappa shape index (κ3) is 5.34. The van der Waals surface area contributed by atoms with Crippen molar-refractivity contribution in [3.8, 4) is 11.5 Å². The fourth-order valence-corrected chi connectivity index (χ4v) is 4.50. The molecule has 3 heterocycles. The summed E-state index contributed by atoms with van der Waals surface area (Å²) in [7, 11) is 0. The van der Waals surface area contributed by atoms with E-state index < -0.39 is 0 Å². The summed E-state index contributed by atoms with van der Waals surface area (Å²) in [4.78, 5) is 16.8. The van der Waals surface area contributed by atoms with Crippen molar-refractivity contribution in [3.63, 3.8) is 0 Å². The van der Waals surface area contributed by atoms with Gasteiger partial charge >= 0.3 is 0 Å². The fraction of sp³-hybridized carbons (Fsp3) is 0.667. The van der Waals surface area contributed by atoms with Crippen molar-refractivity contribution >= 4 is 17.5 Å². The Kier molecular flexibility index (Phi) is 7.13. The Labute approximate surface area is 177 Å². The quantitative estimate of drug-likeness (QED) is 0.615. The van der Waals surface area contributed by atoms with Gasteiger partial charge in [0, 0.05) is 56.3 Å². The Morgan fingerprint density at radius 2 is 1.93 bits per heavy atom. The minimum Gasteiger partial charge on any atom is -0.454 e. The number of morpholine rings is 1. The molecule has 2 saturated heterocycles. The van der Waals surface area contributed by atoms with Crippen LogP contribution in [0.15, 0.2) is 12.1 Å². The lowest BCUT2D eigenvalue weighted by Crippen LogP contribution is -2.40. The number of ether oxygens (including phenoxy) is 3. The lowest BCUT2D eigenvalue weighted by atomic mass is 10.1. The van der Waals surface area contributed by atoms with Crippen LogP contribution >= 0.6 is 11.6 Å². The molecule has 1 atom stereocenters. The van der Waals surface area contributed by atoms with Gasteiger partial charge in [-0.05, 0) is 37.4 Å². The smallest absolute Gasteiger partial charge is 0.231 e. The fourth-order valence-electron chi connectivity index (χ4n) is 4.28. The molecule has 3 aliphatic rings. The zero-order valence-electron chi connectivity index (χ0n) is 16.8. The molecule has 29 heavy (non-hydrogen) atoms. The third-order valence-electron chi connectivity index (χ3n) is 5.94. The summed E-state index contributed by atoms with van der Waals surface area (Å²) in [5.74, 6) is 1.76. The van der Waals surface area contributed by atoms with E-state index in [9.17, 15) is 4.79 Å². The summed E-state index contributed by atoms with van der Waals surface area (Å²) < 4.78 is 16.2. The molecule has 0 saturated carbocycles. The number of likely N-dealkylation sites (tertiary alicyclic amines) is 1. The number of halogens is 1. The van der Waals surface area contributed by atoms with Crippen molar-refractivity contribution in [1.82, 2.24) is 15.1 Å². The van der Waals surface area contributed by atoms with E-state index in [4.69, 9.17) is 25.8 Å². The van der Waals surface area contributed by atoms with E-state index in [1.54, 1.807) is 0 Å². The van der Waals surface area contributed by atoms with Crippen LogP contribution in [0.3, 0.4) is 0 Å². The number of hydrogen-bond donors (Lipinski definition) is 1. The van der Waals surface area contributed by atoms with Crippen LogP contribution in [0.5, 0.6) is 11.5 Å². The van der Waals surface area contributed by atoms with Crippen molar-refractivity contribution in [2.45, 2.75) is 38.3 Å². The molecule has 0 radical (unpaired) electrons. The summed E-state index contributed by atoms with van der Waals surface area (Å²) in [6.07, 6.45) is 3.63. The molecule has 3 aliphatic heterocycles. The molecule has 1 aromatic carbocycles. The van der Waals surface area contributed by atoms with Gasteiger partial charge in [-0.3, -0.25) is 9.69 Å². The van der Waals surface area contributed by atoms with Gasteiger partial charge in [-0.1, -0.05) is 11.6 Å². The Morgan fingerprint density at radius 3 is 2.76 bits per heavy atom. The van der Waals surface area contributed by atoms with E-state index >= 15 is 0 Å². The van der Waals surface area contributed by atoms with Gasteiger partial charge in [-0.15, -0.1) is 0 Å². The van der Waals surface area contributed by atoms with Gasteiger partial charge in [0.15, 0.2) is 11.5 Å². The van der Waals surface area contributed by atoms with Crippen LogP contribution in [0.2, 0.25) is 5.02 Å². The summed E-state index contributed by atoms with van der Waals surface area (Å²) in [6, 6.07) is 4.09. The predicted molar refractivity (Wildman–Crippen MR) is 111 cm³/mol. The van der Waals surface area contributed by atoms with Gasteiger partial charge in [0.2, 0.25) is 12.7 Å². The summed E-state index contributed by atoms with van der Waals surface area (Å²) in [5, 5.41) is 4.15. The Bertz CT molecular complexity index is 711. The summed E-state index contributed by atoms with van der Waals surface area (Å²) >= 11 is 6.34. The molecule has 0 bridgehead atoms. The van der Waals surface area contributed by atoms with Gasteiger partial charge in [-0.2, -0.15) is 0 Å². The molecule has 0 aliphatic carbocycles. The minimum absolute atomic E-state index is 0.250. The van der Waals surface area contributed by atoms with E-state index in [1.807, 2.05) is 12.1 Å². The molecule has 8 heteroatoms. The molecule has 4 rings (SSSR count). The third-order valence-corrected chi connectivity index (χ3v) is 6.29. The first kappa shape index (κ1) is 20.7. The monoisotopic (exact) mass is 423 g/mol. The number of hydrogen-bond acceptors (Lipinski definition) is 6. The van der Waals surface area contributed by atoms with Crippen molar-refractivity contribution in [1.29, 1.82) is 0 Å². The lowest BCUT2D eigenvalue weighted by Gasteiger charge is -2.29. The van der Waals surface area contributed by atoms with Gasteiger partial charge < -0.3 is 24.4 Å². The zero-order valence-corrected chi connectivity index (χ0v) is 17.6. The molecular weight excluding hydrogens is 394 g/mol. The van der Waals surface area contributed by atoms with Gasteiger partial charge in [0.05, 0.1) is 13.2 Å². The van der Waals surface area contributed by atoms with Crippen LogP contribution in [0, 0.1) is 0 Å². The molecule has 1 N–H and O–H groups in total. The topological polar surface area (TPSA) is 63.3 Å². The average Bonchev–Trinajstić information content (AvgIpc) is 3.32. The average molecular weight is 424 g/mol. The van der Waals surface area contributed by atoms with Crippen molar-refractivity contribution in [2.75, 3.05) is 52.7 Å². The van der Waals surface area contributed by atoms with Crippen LogP contribution < -0.4 is 14.8 Å². The standard InChI is InChI=1S/C21H30ClN3O4/c22-18-13-20-19(28-15-29-20)12-16(18)14-23-5-4-17-2-3-21(26)25(17)7-1-6-24-8-10-27-11-9-24/h12-13,17,23H,1-11,14-15H2. The van der Waals surface area contributed by atoms with Gasteiger partial charge in [0.25, 0.3) is 0 Å². The molecule has 1 amide bonds. The molecule has 1 aromatic rings. The molecule has 0 aromatic heterocycles. The Balaban J connectivity index is 1.19. The molecular formula is C21H30ClN3O4. The first-order valence-corrected chi connectivity index (χ1v) is 11.0. The molecule has 160 valence electrons. The SMILES string of the molecule is O=C1CCC(CCNCc2cc3c(cc2Cl)OCO3)N1CCCN1CCOCC1. The lowest BCUT2D eigenvalue weighted by molar-refractivity contribution is -0.129. The van der Waals surface area contributed by atoms with Crippen molar-refractivity contribution in [2.24, 2.45) is 0 Å². The van der Waals surface area contributed by atoms with Crippen LogP contribution in [0.4, 0.5) is 0 Å². The number of rotatable bonds is 9. The van der Waals surface area contributed by atoms with E-state index in [0.717, 1.165) is 76.5 Å². The minimum atomic E-state index is 0.250. The largest absolute Gasteiger partial charge is 0.454 e. The normalized spacial score (nSPS) is 21.9. The highest BCUT2D eigenvalue weighted by Gasteiger charge is 2.30. The highest BCUT2D eigenvalue weighted by atomic mass is 35.5. The molecule has 2 fully saturated rings. The number of benzene rings is 1. The summed E-state index contributed by atoms with van der Waals surface area (Å²) in [6.45, 7) is 7.33. The number of fused-ring (bicyclic) bond motifs is 1. The number of nitrogens with zero attached hydrogens (tertiary/aromatic N) is 2. The van der Waals surface area contributed by atoms with Crippen molar-refractivity contribution in [3.05, 3.63) is 22.7 Å². The van der Waals surface area contributed by atoms with Crippen LogP contribution in [0.1, 0.15) is 31.2 Å². The molecule has 1 unspecified atom stereocenters. The Morgan fingerprint density at radius 1 is 1.14 bits per heavy atom. The number of nitrogens with one attached hydrogen (secondary N) is 1. The van der Waals surface area contributed by atoms with E-state index in [0.29, 0.717) is 35.7 Å².